The second-order valence-corrected chi connectivity index (χ2v) is 6.06. The van der Waals surface area contributed by atoms with Crippen molar-refractivity contribution >= 4 is 17.8 Å². The van der Waals surface area contributed by atoms with Gasteiger partial charge >= 0.3 is 12.0 Å². The summed E-state index contributed by atoms with van der Waals surface area (Å²) in [7, 11) is 0. The van der Waals surface area contributed by atoms with Gasteiger partial charge in [-0.2, -0.15) is 5.10 Å². The number of hydrogen-bond donors (Lipinski definition) is 3. The van der Waals surface area contributed by atoms with Crippen LogP contribution in [0.3, 0.4) is 0 Å². The van der Waals surface area contributed by atoms with E-state index in [0.717, 1.165) is 31.5 Å². The van der Waals surface area contributed by atoms with Gasteiger partial charge in [0.2, 0.25) is 0 Å². The summed E-state index contributed by atoms with van der Waals surface area (Å²) < 4.78 is 1.93. The molecule has 3 N–H and O–H groups in total. The minimum absolute atomic E-state index is 0.0199. The summed E-state index contributed by atoms with van der Waals surface area (Å²) in [6, 6.07) is 1.53. The van der Waals surface area contributed by atoms with Crippen LogP contribution in [0.1, 0.15) is 45.2 Å². The summed E-state index contributed by atoms with van der Waals surface area (Å²) in [5.41, 5.74) is 0.559. The number of aryl methyl sites for hydroxylation is 2. The topological polar surface area (TPSA) is 96.3 Å². The minimum atomic E-state index is -0.868. The number of fused-ring (bicyclic) bond motifs is 1. The molecule has 0 saturated carbocycles. The molecule has 0 aliphatic carbocycles. The van der Waals surface area contributed by atoms with E-state index in [1.807, 2.05) is 10.7 Å². The molecule has 0 saturated heterocycles. The van der Waals surface area contributed by atoms with Crippen LogP contribution in [-0.4, -0.2) is 32.4 Å². The number of rotatable bonds is 5. The molecule has 7 nitrogen and oxygen atoms in total. The van der Waals surface area contributed by atoms with Gasteiger partial charge < -0.3 is 10.4 Å². The van der Waals surface area contributed by atoms with E-state index >= 15 is 0 Å². The number of carboxylic acid groups (broad SMARTS) is 1. The van der Waals surface area contributed by atoms with Crippen molar-refractivity contribution in [3.05, 3.63) is 11.8 Å². The minimum Gasteiger partial charge on any atom is -0.481 e. The molecule has 1 aliphatic rings. The molecule has 7 heteroatoms. The van der Waals surface area contributed by atoms with Gasteiger partial charge in [-0.25, -0.2) is 4.79 Å². The Morgan fingerprint density at radius 3 is 2.86 bits per heavy atom. The Balaban J connectivity index is 1.89. The standard InChI is InChI=1S/C14H22N4O3/c1-14(2,7-6-12(19)20)16-13(21)15-11-9-10-5-3-4-8-18(10)17-11/h9H,3-8H2,1-2H3,(H,19,20)(H2,15,16,17,21). The summed E-state index contributed by atoms with van der Waals surface area (Å²) >= 11 is 0. The zero-order valence-corrected chi connectivity index (χ0v) is 12.5. The number of hydrogen-bond acceptors (Lipinski definition) is 3. The third-order valence-corrected chi connectivity index (χ3v) is 3.57. The second kappa shape index (κ2) is 6.15. The van der Waals surface area contributed by atoms with E-state index in [4.69, 9.17) is 5.11 Å². The number of carbonyl (C=O) groups is 2. The molecule has 1 aliphatic heterocycles. The molecule has 0 radical (unpaired) electrons. The highest BCUT2D eigenvalue weighted by Crippen LogP contribution is 2.18. The number of aromatic nitrogens is 2. The molecule has 116 valence electrons. The van der Waals surface area contributed by atoms with Crippen molar-refractivity contribution in [2.75, 3.05) is 5.32 Å². The highest BCUT2D eigenvalue weighted by molar-refractivity contribution is 5.88. The molecule has 2 heterocycles. The van der Waals surface area contributed by atoms with Crippen molar-refractivity contribution in [2.45, 2.75) is 58.0 Å². The van der Waals surface area contributed by atoms with Crippen LogP contribution in [0, 0.1) is 0 Å². The second-order valence-electron chi connectivity index (χ2n) is 6.06. The van der Waals surface area contributed by atoms with Gasteiger partial charge in [-0.1, -0.05) is 0 Å². The fourth-order valence-electron chi connectivity index (χ4n) is 2.42. The summed E-state index contributed by atoms with van der Waals surface area (Å²) in [5.74, 6) is -0.328. The number of urea groups is 1. The summed E-state index contributed by atoms with van der Waals surface area (Å²) in [5, 5.41) is 18.5. The molecule has 0 aromatic carbocycles. The first-order chi connectivity index (χ1) is 9.85. The zero-order valence-electron chi connectivity index (χ0n) is 12.5. The molecule has 1 aromatic heterocycles. The number of nitrogens with zero attached hydrogens (tertiary/aromatic N) is 2. The van der Waals surface area contributed by atoms with E-state index in [0.29, 0.717) is 12.2 Å². The Hall–Kier alpha value is -2.05. The van der Waals surface area contributed by atoms with Crippen LogP contribution in [0.5, 0.6) is 0 Å². The smallest absolute Gasteiger partial charge is 0.320 e. The first-order valence-electron chi connectivity index (χ1n) is 7.23. The number of nitrogens with one attached hydrogen (secondary N) is 2. The SMILES string of the molecule is CC(C)(CCC(=O)O)NC(=O)Nc1cc2n(n1)CCCC2. The Labute approximate surface area is 123 Å². The van der Waals surface area contributed by atoms with Gasteiger partial charge in [0.25, 0.3) is 0 Å². The van der Waals surface area contributed by atoms with Crippen LogP contribution >= 0.6 is 0 Å². The van der Waals surface area contributed by atoms with Gasteiger partial charge in [-0.15, -0.1) is 0 Å². The van der Waals surface area contributed by atoms with E-state index in [1.165, 1.54) is 0 Å². The number of aliphatic carboxylic acids is 1. The lowest BCUT2D eigenvalue weighted by molar-refractivity contribution is -0.137. The molecule has 2 amide bonds. The Bertz CT molecular complexity index is 513. The lowest BCUT2D eigenvalue weighted by Crippen LogP contribution is -2.45. The van der Waals surface area contributed by atoms with Crippen LogP contribution in [0.4, 0.5) is 10.6 Å². The van der Waals surface area contributed by atoms with Crippen LogP contribution in [0.25, 0.3) is 0 Å². The molecule has 0 unspecified atom stereocenters. The highest BCUT2D eigenvalue weighted by atomic mass is 16.4. The van der Waals surface area contributed by atoms with Crippen molar-refractivity contribution in [2.24, 2.45) is 0 Å². The summed E-state index contributed by atoms with van der Waals surface area (Å²) in [6.45, 7) is 4.49. The lowest BCUT2D eigenvalue weighted by Gasteiger charge is -2.25. The van der Waals surface area contributed by atoms with Gasteiger partial charge in [0.15, 0.2) is 5.82 Å². The first kappa shape index (κ1) is 15.3. The predicted octanol–water partition coefficient (Wildman–Crippen LogP) is 1.98. The van der Waals surface area contributed by atoms with Gasteiger partial charge in [0.05, 0.1) is 0 Å². The molecule has 0 fully saturated rings. The molecule has 0 bridgehead atoms. The summed E-state index contributed by atoms with van der Waals surface area (Å²) in [6.07, 6.45) is 3.64. The van der Waals surface area contributed by atoms with E-state index < -0.39 is 11.5 Å². The third kappa shape index (κ3) is 4.47. The molecule has 2 rings (SSSR count). The molecule has 1 aromatic rings. The van der Waals surface area contributed by atoms with Gasteiger partial charge in [-0.3, -0.25) is 14.8 Å². The zero-order chi connectivity index (χ0) is 15.5. The maximum Gasteiger partial charge on any atom is 0.320 e. The Kier molecular flexibility index (Phi) is 4.50. The molecule has 0 atom stereocenters. The highest BCUT2D eigenvalue weighted by Gasteiger charge is 2.22. The molecule has 21 heavy (non-hydrogen) atoms. The number of amides is 2. The van der Waals surface area contributed by atoms with Crippen LogP contribution < -0.4 is 10.6 Å². The average molecular weight is 294 g/mol. The number of anilines is 1. The fourth-order valence-corrected chi connectivity index (χ4v) is 2.42. The number of carbonyl (C=O) groups excluding carboxylic acids is 1. The van der Waals surface area contributed by atoms with Crippen molar-refractivity contribution in [1.29, 1.82) is 0 Å². The Morgan fingerprint density at radius 2 is 2.19 bits per heavy atom. The van der Waals surface area contributed by atoms with Crippen LogP contribution in [0.15, 0.2) is 6.07 Å². The van der Waals surface area contributed by atoms with Gasteiger partial charge in [0, 0.05) is 30.3 Å². The van der Waals surface area contributed by atoms with Crippen LogP contribution in [0.2, 0.25) is 0 Å². The lowest BCUT2D eigenvalue weighted by atomic mass is 9.99. The van der Waals surface area contributed by atoms with Gasteiger partial charge in [0.1, 0.15) is 0 Å². The molecule has 0 spiro atoms. The number of carboxylic acids is 1. The van der Waals surface area contributed by atoms with Gasteiger partial charge in [-0.05, 0) is 39.5 Å². The van der Waals surface area contributed by atoms with E-state index in [9.17, 15) is 9.59 Å². The normalized spacial score (nSPS) is 14.4. The quantitative estimate of drug-likeness (QED) is 0.773. The Morgan fingerprint density at radius 1 is 1.43 bits per heavy atom. The summed E-state index contributed by atoms with van der Waals surface area (Å²) in [4.78, 5) is 22.6. The average Bonchev–Trinajstić information content (AvgIpc) is 2.77. The van der Waals surface area contributed by atoms with Crippen molar-refractivity contribution in [3.63, 3.8) is 0 Å². The third-order valence-electron chi connectivity index (χ3n) is 3.57. The largest absolute Gasteiger partial charge is 0.481 e. The van der Waals surface area contributed by atoms with Crippen molar-refractivity contribution < 1.29 is 14.7 Å². The monoisotopic (exact) mass is 294 g/mol. The van der Waals surface area contributed by atoms with E-state index in [-0.39, 0.29) is 12.5 Å². The molecular weight excluding hydrogens is 272 g/mol. The van der Waals surface area contributed by atoms with Crippen LogP contribution in [-0.2, 0) is 17.8 Å². The van der Waals surface area contributed by atoms with E-state index in [2.05, 4.69) is 15.7 Å². The van der Waals surface area contributed by atoms with Crippen molar-refractivity contribution in [3.8, 4) is 0 Å². The first-order valence-corrected chi connectivity index (χ1v) is 7.23. The fraction of sp³-hybridized carbons (Fsp3) is 0.643. The maximum atomic E-state index is 12.0. The van der Waals surface area contributed by atoms with Crippen molar-refractivity contribution in [1.82, 2.24) is 15.1 Å². The molecular formula is C14H22N4O3. The predicted molar refractivity (Wildman–Crippen MR) is 78.3 cm³/mol. The maximum absolute atomic E-state index is 12.0. The van der Waals surface area contributed by atoms with E-state index in [1.54, 1.807) is 13.8 Å².